The van der Waals surface area contributed by atoms with E-state index in [9.17, 15) is 13.6 Å². The number of carbonyl (C=O) groups is 1. The minimum atomic E-state index is -0.964. The summed E-state index contributed by atoms with van der Waals surface area (Å²) < 4.78 is 27.5. The van der Waals surface area contributed by atoms with Crippen molar-refractivity contribution in [2.75, 3.05) is 23.3 Å². The largest absolute Gasteiger partial charge is 0.348 e. The van der Waals surface area contributed by atoms with Gasteiger partial charge >= 0.3 is 0 Å². The van der Waals surface area contributed by atoms with Crippen molar-refractivity contribution < 1.29 is 13.6 Å². The van der Waals surface area contributed by atoms with E-state index in [1.165, 1.54) is 16.3 Å². The SMILES string of the molecule is Cc1ccc2nc(N3CCC(C(=O)Nc4ccc(F)c(F)c4)CC3)sc2c1. The fourth-order valence-electron chi connectivity index (χ4n) is 3.31. The summed E-state index contributed by atoms with van der Waals surface area (Å²) in [4.78, 5) is 19.3. The molecule has 4 nitrogen and oxygen atoms in total. The summed E-state index contributed by atoms with van der Waals surface area (Å²) in [5, 5.41) is 3.67. The lowest BCUT2D eigenvalue weighted by Crippen LogP contribution is -2.38. The molecule has 1 aliphatic rings. The van der Waals surface area contributed by atoms with Gasteiger partial charge in [0.15, 0.2) is 16.8 Å². The van der Waals surface area contributed by atoms with Gasteiger partial charge < -0.3 is 10.2 Å². The average Bonchev–Trinajstić information content (AvgIpc) is 3.08. The van der Waals surface area contributed by atoms with Crippen molar-refractivity contribution in [2.24, 2.45) is 5.92 Å². The van der Waals surface area contributed by atoms with Crippen molar-refractivity contribution in [1.29, 1.82) is 0 Å². The van der Waals surface area contributed by atoms with E-state index in [0.29, 0.717) is 12.8 Å². The van der Waals surface area contributed by atoms with Crippen LogP contribution < -0.4 is 10.2 Å². The topological polar surface area (TPSA) is 45.2 Å². The highest BCUT2D eigenvalue weighted by Gasteiger charge is 2.26. The lowest BCUT2D eigenvalue weighted by molar-refractivity contribution is -0.120. The molecular formula is C20H19F2N3OS. The standard InChI is InChI=1S/C20H19F2N3OS/c1-12-2-5-17-18(10-12)27-20(24-17)25-8-6-13(7-9-25)19(26)23-14-3-4-15(21)16(22)11-14/h2-5,10-11,13H,6-9H2,1H3,(H,23,26). The van der Waals surface area contributed by atoms with E-state index < -0.39 is 11.6 Å². The molecule has 3 aromatic rings. The number of piperidine rings is 1. The number of benzene rings is 2. The Balaban J connectivity index is 1.38. The third-order valence-corrected chi connectivity index (χ3v) is 5.94. The van der Waals surface area contributed by atoms with Gasteiger partial charge in [-0.25, -0.2) is 13.8 Å². The van der Waals surface area contributed by atoms with Crippen molar-refractivity contribution in [3.63, 3.8) is 0 Å². The molecule has 140 valence electrons. The molecule has 0 aliphatic carbocycles. The van der Waals surface area contributed by atoms with E-state index >= 15 is 0 Å². The van der Waals surface area contributed by atoms with Crippen molar-refractivity contribution in [3.05, 3.63) is 53.6 Å². The van der Waals surface area contributed by atoms with E-state index in [0.717, 1.165) is 35.9 Å². The maximum atomic E-state index is 13.3. The first-order valence-corrected chi connectivity index (χ1v) is 9.69. The molecule has 7 heteroatoms. The summed E-state index contributed by atoms with van der Waals surface area (Å²) in [5.41, 5.74) is 2.49. The molecule has 0 radical (unpaired) electrons. The van der Waals surface area contributed by atoms with Gasteiger partial charge in [0, 0.05) is 30.8 Å². The van der Waals surface area contributed by atoms with Gasteiger partial charge in [-0.3, -0.25) is 4.79 Å². The molecule has 1 amide bonds. The summed E-state index contributed by atoms with van der Waals surface area (Å²) in [6, 6.07) is 9.62. The maximum Gasteiger partial charge on any atom is 0.227 e. The third-order valence-electron chi connectivity index (χ3n) is 4.86. The van der Waals surface area contributed by atoms with Crippen molar-refractivity contribution in [2.45, 2.75) is 19.8 Å². The third kappa shape index (κ3) is 3.78. The van der Waals surface area contributed by atoms with Crippen molar-refractivity contribution in [1.82, 2.24) is 4.98 Å². The number of aromatic nitrogens is 1. The Bertz CT molecular complexity index is 996. The van der Waals surface area contributed by atoms with E-state index in [1.54, 1.807) is 11.3 Å². The lowest BCUT2D eigenvalue weighted by atomic mass is 9.96. The fraction of sp³-hybridized carbons (Fsp3) is 0.300. The number of hydrogen-bond acceptors (Lipinski definition) is 4. The number of anilines is 2. The second-order valence-corrected chi connectivity index (χ2v) is 7.86. The number of carbonyl (C=O) groups excluding carboxylic acids is 1. The van der Waals surface area contributed by atoms with Gasteiger partial charge in [0.2, 0.25) is 5.91 Å². The number of fused-ring (bicyclic) bond motifs is 1. The van der Waals surface area contributed by atoms with E-state index in [-0.39, 0.29) is 17.5 Å². The molecule has 0 unspecified atom stereocenters. The number of amides is 1. The van der Waals surface area contributed by atoms with Crippen LogP contribution in [-0.4, -0.2) is 24.0 Å². The molecule has 2 heterocycles. The predicted octanol–water partition coefficient (Wildman–Crippen LogP) is 4.74. The zero-order chi connectivity index (χ0) is 19.0. The Morgan fingerprint density at radius 3 is 2.67 bits per heavy atom. The first-order valence-electron chi connectivity index (χ1n) is 8.87. The molecule has 1 saturated heterocycles. The minimum Gasteiger partial charge on any atom is -0.348 e. The van der Waals surface area contributed by atoms with Crippen LogP contribution in [0.4, 0.5) is 19.6 Å². The van der Waals surface area contributed by atoms with Crippen LogP contribution in [-0.2, 0) is 4.79 Å². The van der Waals surface area contributed by atoms with Gasteiger partial charge in [-0.05, 0) is 49.6 Å². The number of hydrogen-bond donors (Lipinski definition) is 1. The van der Waals surface area contributed by atoms with Crippen LogP contribution >= 0.6 is 11.3 Å². The molecule has 0 bridgehead atoms. The molecule has 1 fully saturated rings. The van der Waals surface area contributed by atoms with E-state index in [4.69, 9.17) is 4.98 Å². The van der Waals surface area contributed by atoms with Gasteiger partial charge in [0.05, 0.1) is 10.2 Å². The number of nitrogens with one attached hydrogen (secondary N) is 1. The number of aryl methyl sites for hydroxylation is 1. The van der Waals surface area contributed by atoms with Gasteiger partial charge in [-0.1, -0.05) is 17.4 Å². The van der Waals surface area contributed by atoms with Gasteiger partial charge in [-0.2, -0.15) is 0 Å². The molecule has 1 N–H and O–H groups in total. The summed E-state index contributed by atoms with van der Waals surface area (Å²) >= 11 is 1.67. The Morgan fingerprint density at radius 2 is 1.93 bits per heavy atom. The zero-order valence-corrected chi connectivity index (χ0v) is 15.7. The molecule has 27 heavy (non-hydrogen) atoms. The molecular weight excluding hydrogens is 368 g/mol. The number of nitrogens with zero attached hydrogens (tertiary/aromatic N) is 2. The summed E-state index contributed by atoms with van der Waals surface area (Å²) in [6.07, 6.45) is 1.40. The van der Waals surface area contributed by atoms with Crippen LogP contribution in [0.5, 0.6) is 0 Å². The molecule has 0 spiro atoms. The summed E-state index contributed by atoms with van der Waals surface area (Å²) in [5.74, 6) is -2.19. The highest BCUT2D eigenvalue weighted by atomic mass is 32.1. The number of rotatable bonds is 3. The first kappa shape index (κ1) is 17.9. The van der Waals surface area contributed by atoms with Crippen LogP contribution in [0.3, 0.4) is 0 Å². The van der Waals surface area contributed by atoms with Crippen molar-refractivity contribution >= 4 is 38.3 Å². The molecule has 1 aliphatic heterocycles. The normalized spacial score (nSPS) is 15.3. The quantitative estimate of drug-likeness (QED) is 0.706. The molecule has 0 atom stereocenters. The molecule has 2 aromatic carbocycles. The van der Waals surface area contributed by atoms with Crippen LogP contribution in [0.1, 0.15) is 18.4 Å². The van der Waals surface area contributed by atoms with Crippen LogP contribution in [0.25, 0.3) is 10.2 Å². The first-order chi connectivity index (χ1) is 13.0. The molecule has 0 saturated carbocycles. The maximum absolute atomic E-state index is 13.3. The fourth-order valence-corrected chi connectivity index (χ4v) is 4.42. The highest BCUT2D eigenvalue weighted by molar-refractivity contribution is 7.22. The van der Waals surface area contributed by atoms with Crippen molar-refractivity contribution in [3.8, 4) is 0 Å². The smallest absolute Gasteiger partial charge is 0.227 e. The monoisotopic (exact) mass is 387 g/mol. The van der Waals surface area contributed by atoms with E-state index in [2.05, 4.69) is 29.3 Å². The number of thiazole rings is 1. The van der Waals surface area contributed by atoms with Crippen LogP contribution in [0.15, 0.2) is 36.4 Å². The average molecular weight is 387 g/mol. The lowest BCUT2D eigenvalue weighted by Gasteiger charge is -2.31. The van der Waals surface area contributed by atoms with E-state index in [1.807, 2.05) is 6.07 Å². The van der Waals surface area contributed by atoms with Crippen LogP contribution in [0.2, 0.25) is 0 Å². The highest BCUT2D eigenvalue weighted by Crippen LogP contribution is 2.32. The summed E-state index contributed by atoms with van der Waals surface area (Å²) in [6.45, 7) is 3.55. The number of halogens is 2. The molecule has 1 aromatic heterocycles. The second-order valence-electron chi connectivity index (χ2n) is 6.85. The van der Waals surface area contributed by atoms with Crippen LogP contribution in [0, 0.1) is 24.5 Å². The Morgan fingerprint density at radius 1 is 1.15 bits per heavy atom. The Labute approximate surface area is 159 Å². The van der Waals surface area contributed by atoms with Gasteiger partial charge in [-0.15, -0.1) is 0 Å². The predicted molar refractivity (Wildman–Crippen MR) is 104 cm³/mol. The Hall–Kier alpha value is -2.54. The summed E-state index contributed by atoms with van der Waals surface area (Å²) in [7, 11) is 0. The second kappa shape index (κ2) is 7.23. The van der Waals surface area contributed by atoms with Gasteiger partial charge in [0.1, 0.15) is 0 Å². The minimum absolute atomic E-state index is 0.147. The van der Waals surface area contributed by atoms with Gasteiger partial charge in [0.25, 0.3) is 0 Å². The zero-order valence-electron chi connectivity index (χ0n) is 14.8. The molecule has 4 rings (SSSR count). The Kier molecular flexibility index (Phi) is 4.78.